The number of aliphatic hydroxyl groups excluding tert-OH is 1. The van der Waals surface area contributed by atoms with Crippen molar-refractivity contribution in [3.05, 3.63) is 0 Å². The van der Waals surface area contributed by atoms with Gasteiger partial charge in [-0.1, -0.05) is 290 Å². The van der Waals surface area contributed by atoms with E-state index in [2.05, 4.69) is 25.5 Å². The zero-order valence-electron chi connectivity index (χ0n) is 47.3. The lowest BCUT2D eigenvalue weighted by atomic mass is 10.0. The summed E-state index contributed by atoms with van der Waals surface area (Å²) in [6.45, 7) is 8.37. The Labute approximate surface area is 439 Å². The van der Waals surface area contributed by atoms with E-state index in [0.717, 1.165) is 71.0 Å². The predicted molar refractivity (Wildman–Crippen MR) is 296 cm³/mol. The molecule has 0 saturated carbocycles. The molecule has 2 aliphatic heterocycles. The molecule has 71 heavy (non-hydrogen) atoms. The third kappa shape index (κ3) is 45.4. The summed E-state index contributed by atoms with van der Waals surface area (Å²) < 4.78 is 28.2. The van der Waals surface area contributed by atoms with Crippen molar-refractivity contribution < 1.29 is 43.2 Å². The van der Waals surface area contributed by atoms with Crippen molar-refractivity contribution in [3.63, 3.8) is 0 Å². The summed E-state index contributed by atoms with van der Waals surface area (Å²) in [4.78, 5) is 39.3. The first-order chi connectivity index (χ1) is 35.0. The molecule has 2 rings (SSSR count). The lowest BCUT2D eigenvalue weighted by Crippen LogP contribution is -2.46. The van der Waals surface area contributed by atoms with Crippen molar-refractivity contribution in [1.82, 2.24) is 0 Å². The highest BCUT2D eigenvalue weighted by Crippen LogP contribution is 2.27. The molecule has 2 heterocycles. The summed E-state index contributed by atoms with van der Waals surface area (Å²) in [6, 6.07) is 0. The zero-order chi connectivity index (χ0) is 51.3. The van der Waals surface area contributed by atoms with Crippen LogP contribution in [0.25, 0.3) is 0 Å². The van der Waals surface area contributed by atoms with Crippen molar-refractivity contribution in [2.45, 2.75) is 353 Å². The van der Waals surface area contributed by atoms with Gasteiger partial charge in [0.05, 0.1) is 26.4 Å². The molecule has 2 fully saturated rings. The molecule has 2 saturated heterocycles. The quantitative estimate of drug-likeness (QED) is 0.0275. The second-order valence-corrected chi connectivity index (χ2v) is 21.7. The van der Waals surface area contributed by atoms with Gasteiger partial charge in [-0.2, -0.15) is 0 Å². The van der Waals surface area contributed by atoms with Gasteiger partial charge >= 0.3 is 17.9 Å². The normalized spacial score (nSPS) is 16.6. The number of carbonyl (C=O) groups excluding carboxylic acids is 3. The number of hydrogen-bond acceptors (Lipinski definition) is 9. The Bertz CT molecular complexity index is 1140. The summed E-state index contributed by atoms with van der Waals surface area (Å²) >= 11 is 0. The summed E-state index contributed by atoms with van der Waals surface area (Å²) in [6.07, 6.45) is 53.6. The molecule has 0 aromatic rings. The fourth-order valence-electron chi connectivity index (χ4n) is 9.97. The number of rotatable bonds is 53. The molecule has 0 radical (unpaired) electrons. The van der Waals surface area contributed by atoms with E-state index in [9.17, 15) is 19.5 Å². The van der Waals surface area contributed by atoms with Crippen molar-refractivity contribution >= 4 is 17.9 Å². The maximum atomic E-state index is 13.3. The van der Waals surface area contributed by atoms with Crippen LogP contribution >= 0.6 is 0 Å². The molecule has 0 aromatic carbocycles. The van der Waals surface area contributed by atoms with Crippen LogP contribution in [0.3, 0.4) is 0 Å². The van der Waals surface area contributed by atoms with Crippen LogP contribution in [0.15, 0.2) is 0 Å². The Balaban J connectivity index is 0.00000806. The largest absolute Gasteiger partial charge is 0.457 e. The number of aliphatic hydroxyl groups is 1. The van der Waals surface area contributed by atoms with E-state index in [0.29, 0.717) is 6.42 Å². The monoisotopic (exact) mass is 1010 g/mol. The number of esters is 3. The van der Waals surface area contributed by atoms with E-state index in [1.54, 1.807) is 0 Å². The Morgan fingerprint density at radius 2 is 0.648 bits per heavy atom. The van der Waals surface area contributed by atoms with E-state index in [1.165, 1.54) is 231 Å². The molecule has 0 unspecified atom stereocenters. The standard InChI is InChI=1S/C60H114O8.C2H4O/c1-4-7-10-13-16-19-22-25-28-31-34-37-40-43-46-49-56(62)66-54(52-61)59-60(68-58(64)51-48-45-42-39-36-33-30-27-24-21-18-15-12-9-6-3)55(53-65-59)67-57(63)50-47-44-41-38-35-32-29-26-23-20-17-14-11-8-5-2;1-2-3-1/h54-55,59-61H,4-53H2,1-3H3;1-2H2/t54-,55+,59-,60-;/m1./s1. The van der Waals surface area contributed by atoms with Crippen LogP contribution in [-0.2, 0) is 38.1 Å². The molecule has 0 aromatic heterocycles. The number of unbranched alkanes of at least 4 members (excludes halogenated alkanes) is 42. The highest BCUT2D eigenvalue weighted by Gasteiger charge is 2.47. The highest BCUT2D eigenvalue weighted by atomic mass is 16.6. The molecule has 9 nitrogen and oxygen atoms in total. The molecular formula is C62H118O9. The van der Waals surface area contributed by atoms with Gasteiger partial charge < -0.3 is 28.8 Å². The van der Waals surface area contributed by atoms with Crippen LogP contribution in [0.2, 0.25) is 0 Å². The lowest BCUT2D eigenvalue weighted by Gasteiger charge is -2.28. The minimum atomic E-state index is -1.01. The molecule has 0 amide bonds. The van der Waals surface area contributed by atoms with Crippen LogP contribution in [0.5, 0.6) is 0 Å². The third-order valence-corrected chi connectivity index (χ3v) is 14.7. The summed E-state index contributed by atoms with van der Waals surface area (Å²) in [5.74, 6) is -1.09. The van der Waals surface area contributed by atoms with E-state index in [-0.39, 0.29) is 37.4 Å². The molecule has 0 bridgehead atoms. The first-order valence-corrected chi connectivity index (χ1v) is 31.3. The molecule has 420 valence electrons. The molecule has 4 atom stereocenters. The second kappa shape index (κ2) is 53.1. The van der Waals surface area contributed by atoms with Crippen LogP contribution in [0, 0.1) is 0 Å². The Morgan fingerprint density at radius 3 is 0.915 bits per heavy atom. The van der Waals surface area contributed by atoms with Crippen LogP contribution in [0.4, 0.5) is 0 Å². The minimum Gasteiger partial charge on any atom is -0.457 e. The highest BCUT2D eigenvalue weighted by molar-refractivity contribution is 5.71. The summed E-state index contributed by atoms with van der Waals surface area (Å²) in [5, 5.41) is 10.4. The van der Waals surface area contributed by atoms with Gasteiger partial charge in [0.2, 0.25) is 0 Å². The van der Waals surface area contributed by atoms with Crippen molar-refractivity contribution in [2.24, 2.45) is 0 Å². The smallest absolute Gasteiger partial charge is 0.306 e. The maximum Gasteiger partial charge on any atom is 0.306 e. The van der Waals surface area contributed by atoms with Gasteiger partial charge in [0.1, 0.15) is 6.10 Å². The van der Waals surface area contributed by atoms with E-state index >= 15 is 0 Å². The first kappa shape index (κ1) is 67.3. The molecule has 2 aliphatic rings. The topological polar surface area (TPSA) is 121 Å². The minimum absolute atomic E-state index is 0.0271. The Morgan fingerprint density at radius 1 is 0.394 bits per heavy atom. The van der Waals surface area contributed by atoms with Crippen molar-refractivity contribution in [1.29, 1.82) is 0 Å². The van der Waals surface area contributed by atoms with E-state index in [1.807, 2.05) is 0 Å². The number of hydrogen-bond donors (Lipinski definition) is 1. The van der Waals surface area contributed by atoms with Gasteiger partial charge in [-0.15, -0.1) is 0 Å². The second-order valence-electron chi connectivity index (χ2n) is 21.7. The predicted octanol–water partition coefficient (Wildman–Crippen LogP) is 17.9. The van der Waals surface area contributed by atoms with Gasteiger partial charge in [0, 0.05) is 19.3 Å². The van der Waals surface area contributed by atoms with E-state index in [4.69, 9.17) is 18.9 Å². The van der Waals surface area contributed by atoms with E-state index < -0.39 is 31.0 Å². The van der Waals surface area contributed by atoms with Crippen LogP contribution in [-0.4, -0.2) is 73.9 Å². The number of epoxide rings is 1. The van der Waals surface area contributed by atoms with Gasteiger partial charge in [0.25, 0.3) is 0 Å². The van der Waals surface area contributed by atoms with Crippen LogP contribution < -0.4 is 0 Å². The SMILES string of the molecule is C1CO1.CCCCCCCCCCCCCCCCCC(=O)O[C@H]1[C@@H]([C@@H](CO)OC(=O)CCCCCCCCCCCCCCCCC)OC[C@@H]1OC(=O)CCCCCCCCCCCCCCCCC. The first-order valence-electron chi connectivity index (χ1n) is 31.3. The molecule has 0 spiro atoms. The van der Waals surface area contributed by atoms with Gasteiger partial charge in [-0.3, -0.25) is 14.4 Å². The van der Waals surface area contributed by atoms with Crippen LogP contribution in [0.1, 0.15) is 329 Å². The number of carbonyl (C=O) groups is 3. The van der Waals surface area contributed by atoms with Crippen molar-refractivity contribution in [2.75, 3.05) is 26.4 Å². The maximum absolute atomic E-state index is 13.3. The summed E-state index contributed by atoms with van der Waals surface area (Å²) in [7, 11) is 0. The van der Waals surface area contributed by atoms with Gasteiger partial charge in [-0.25, -0.2) is 0 Å². The summed E-state index contributed by atoms with van der Waals surface area (Å²) in [5.41, 5.74) is 0. The Hall–Kier alpha value is -1.71. The fraction of sp³-hybridized carbons (Fsp3) is 0.952. The Kier molecular flexibility index (Phi) is 50.4. The molecule has 0 aliphatic carbocycles. The van der Waals surface area contributed by atoms with Gasteiger partial charge in [0.15, 0.2) is 18.3 Å². The average molecular weight is 1010 g/mol. The molecule has 1 N–H and O–H groups in total. The molecule has 9 heteroatoms. The third-order valence-electron chi connectivity index (χ3n) is 14.7. The molecular weight excluding hydrogens is 889 g/mol. The average Bonchev–Trinajstić information content (AvgIpc) is 4.22. The van der Waals surface area contributed by atoms with Crippen molar-refractivity contribution in [3.8, 4) is 0 Å². The fourth-order valence-corrected chi connectivity index (χ4v) is 9.97. The lowest BCUT2D eigenvalue weighted by molar-refractivity contribution is -0.175. The van der Waals surface area contributed by atoms with Gasteiger partial charge in [-0.05, 0) is 19.3 Å². The zero-order valence-corrected chi connectivity index (χ0v) is 47.3. The number of ether oxygens (including phenoxy) is 5.